The second-order valence-corrected chi connectivity index (χ2v) is 7.40. The van der Waals surface area contributed by atoms with Crippen molar-refractivity contribution in [3.8, 4) is 11.3 Å². The van der Waals surface area contributed by atoms with Gasteiger partial charge in [0.2, 0.25) is 0 Å². The molecule has 0 saturated heterocycles. The summed E-state index contributed by atoms with van der Waals surface area (Å²) >= 11 is 0. The molecule has 0 spiro atoms. The summed E-state index contributed by atoms with van der Waals surface area (Å²) in [6.07, 6.45) is 0. The second-order valence-electron chi connectivity index (χ2n) is 7.40. The Labute approximate surface area is 177 Å². The quantitative estimate of drug-likeness (QED) is 0.475. The summed E-state index contributed by atoms with van der Waals surface area (Å²) in [5.41, 5.74) is 4.67. The second kappa shape index (κ2) is 7.53. The average molecular weight is 409 g/mol. The Hall–Kier alpha value is -4.26. The van der Waals surface area contributed by atoms with E-state index in [2.05, 4.69) is 20.6 Å². The molecule has 5 aromatic rings. The Morgan fingerprint density at radius 2 is 1.81 bits per heavy atom. The molecule has 0 atom stereocenters. The van der Waals surface area contributed by atoms with E-state index in [0.717, 1.165) is 11.1 Å². The van der Waals surface area contributed by atoms with Gasteiger partial charge in [-0.1, -0.05) is 60.2 Å². The number of aryl methyl sites for hydroxylation is 1. The van der Waals surface area contributed by atoms with Crippen LogP contribution in [0.5, 0.6) is 0 Å². The lowest BCUT2D eigenvalue weighted by atomic mass is 10.1. The number of carbonyl (C=O) groups excluding carboxylic acids is 1. The number of hydrogen-bond acceptors (Lipinski definition) is 4. The number of nitrogens with one attached hydrogen (secondary N) is 2. The number of amides is 1. The third-order valence-electron chi connectivity index (χ3n) is 5.24. The zero-order valence-electron chi connectivity index (χ0n) is 16.8. The maximum absolute atomic E-state index is 12.7. The normalized spacial score (nSPS) is 11.1. The van der Waals surface area contributed by atoms with Crippen molar-refractivity contribution in [2.75, 3.05) is 0 Å². The molecular formula is C24H19N5O2. The van der Waals surface area contributed by atoms with Crippen molar-refractivity contribution in [1.82, 2.24) is 25.1 Å². The van der Waals surface area contributed by atoms with E-state index in [1.54, 1.807) is 22.7 Å². The van der Waals surface area contributed by atoms with Crippen molar-refractivity contribution in [2.45, 2.75) is 13.5 Å². The number of aromatic amines is 1. The number of carbonyl (C=O) groups is 1. The molecule has 0 saturated carbocycles. The maximum atomic E-state index is 12.7. The van der Waals surface area contributed by atoms with Crippen LogP contribution in [0.25, 0.3) is 27.8 Å². The lowest BCUT2D eigenvalue weighted by molar-refractivity contribution is 0.0951. The molecule has 0 bridgehead atoms. The number of H-pyrrole nitrogens is 1. The highest BCUT2D eigenvalue weighted by molar-refractivity contribution is 5.98. The standard InChI is InChI=1S/C24H19N5O2/c1-15-7-9-16(10-8-15)14-25-23(30)18-11-12-19-20(13-18)29-22(26-24(19)31)21(27-28-29)17-5-3-2-4-6-17/h2-13,28H,14H2,1H3,(H,25,30). The molecule has 0 radical (unpaired) electrons. The Morgan fingerprint density at radius 3 is 2.58 bits per heavy atom. The van der Waals surface area contributed by atoms with Crippen LogP contribution in [-0.2, 0) is 6.54 Å². The monoisotopic (exact) mass is 409 g/mol. The highest BCUT2D eigenvalue weighted by atomic mass is 16.1. The summed E-state index contributed by atoms with van der Waals surface area (Å²) in [6, 6.07) is 22.5. The van der Waals surface area contributed by atoms with Crippen molar-refractivity contribution < 1.29 is 4.79 Å². The number of hydrogen-bond donors (Lipinski definition) is 2. The summed E-state index contributed by atoms with van der Waals surface area (Å²) in [7, 11) is 0. The van der Waals surface area contributed by atoms with Crippen LogP contribution >= 0.6 is 0 Å². The van der Waals surface area contributed by atoms with E-state index in [1.807, 2.05) is 61.5 Å². The zero-order chi connectivity index (χ0) is 21.4. The molecule has 152 valence electrons. The fourth-order valence-corrected chi connectivity index (χ4v) is 3.55. The molecule has 7 nitrogen and oxygen atoms in total. The van der Waals surface area contributed by atoms with Crippen molar-refractivity contribution in [1.29, 1.82) is 0 Å². The molecule has 0 unspecified atom stereocenters. The minimum Gasteiger partial charge on any atom is -0.348 e. The third kappa shape index (κ3) is 3.46. The molecule has 2 heterocycles. The highest BCUT2D eigenvalue weighted by Crippen LogP contribution is 2.22. The van der Waals surface area contributed by atoms with Crippen molar-refractivity contribution in [3.63, 3.8) is 0 Å². The maximum Gasteiger partial charge on any atom is 0.281 e. The Morgan fingerprint density at radius 1 is 1.03 bits per heavy atom. The Bertz CT molecular complexity index is 1470. The van der Waals surface area contributed by atoms with Gasteiger partial charge in [-0.2, -0.15) is 10.1 Å². The minimum absolute atomic E-state index is 0.219. The number of nitrogens with zero attached hydrogens (tertiary/aromatic N) is 3. The molecule has 1 amide bonds. The van der Waals surface area contributed by atoms with E-state index in [4.69, 9.17) is 0 Å². The molecule has 3 aromatic carbocycles. The van der Waals surface area contributed by atoms with Crippen molar-refractivity contribution in [2.24, 2.45) is 0 Å². The van der Waals surface area contributed by atoms with E-state index in [-0.39, 0.29) is 11.5 Å². The van der Waals surface area contributed by atoms with Gasteiger partial charge in [-0.15, -0.1) is 0 Å². The molecule has 2 aromatic heterocycles. The van der Waals surface area contributed by atoms with Crippen LogP contribution < -0.4 is 10.9 Å². The van der Waals surface area contributed by atoms with Gasteiger partial charge in [0.05, 0.1) is 10.9 Å². The van der Waals surface area contributed by atoms with E-state index in [1.165, 1.54) is 5.56 Å². The molecule has 31 heavy (non-hydrogen) atoms. The lowest BCUT2D eigenvalue weighted by Crippen LogP contribution is -2.23. The van der Waals surface area contributed by atoms with Crippen LogP contribution in [0.15, 0.2) is 77.6 Å². The van der Waals surface area contributed by atoms with E-state index in [9.17, 15) is 9.59 Å². The van der Waals surface area contributed by atoms with Gasteiger partial charge in [-0.3, -0.25) is 9.59 Å². The first kappa shape index (κ1) is 18.7. The van der Waals surface area contributed by atoms with Gasteiger partial charge in [-0.05, 0) is 30.7 Å². The molecular weight excluding hydrogens is 390 g/mol. The van der Waals surface area contributed by atoms with Gasteiger partial charge in [0.25, 0.3) is 11.5 Å². The predicted molar refractivity (Wildman–Crippen MR) is 119 cm³/mol. The van der Waals surface area contributed by atoms with Crippen LogP contribution in [0.1, 0.15) is 21.5 Å². The number of benzene rings is 3. The third-order valence-corrected chi connectivity index (χ3v) is 5.24. The summed E-state index contributed by atoms with van der Waals surface area (Å²) in [4.78, 5) is 29.6. The van der Waals surface area contributed by atoms with Gasteiger partial charge < -0.3 is 5.32 Å². The van der Waals surface area contributed by atoms with Crippen LogP contribution in [-0.4, -0.2) is 25.7 Å². The van der Waals surface area contributed by atoms with Gasteiger partial charge in [0, 0.05) is 17.7 Å². The first-order chi connectivity index (χ1) is 15.1. The molecule has 7 heteroatoms. The molecule has 0 aliphatic carbocycles. The largest absolute Gasteiger partial charge is 0.348 e. The molecule has 0 aliphatic heterocycles. The lowest BCUT2D eigenvalue weighted by Gasteiger charge is -2.07. The Balaban J connectivity index is 1.53. The van der Waals surface area contributed by atoms with Gasteiger partial charge in [-0.25, -0.2) is 9.73 Å². The first-order valence-electron chi connectivity index (χ1n) is 9.90. The SMILES string of the molecule is Cc1ccc(CNC(=O)c2ccc3c(=O)nc4c(-c5ccccc5)n[nH]n4c3c2)cc1. The van der Waals surface area contributed by atoms with Crippen molar-refractivity contribution in [3.05, 3.63) is 99.8 Å². The van der Waals surface area contributed by atoms with Gasteiger partial charge >= 0.3 is 0 Å². The van der Waals surface area contributed by atoms with Crippen LogP contribution in [0.4, 0.5) is 0 Å². The fraction of sp³-hybridized carbons (Fsp3) is 0.0833. The predicted octanol–water partition coefficient (Wildman–Crippen LogP) is 3.48. The van der Waals surface area contributed by atoms with E-state index in [0.29, 0.717) is 34.4 Å². The highest BCUT2D eigenvalue weighted by Gasteiger charge is 2.15. The summed E-state index contributed by atoms with van der Waals surface area (Å²) in [6.45, 7) is 2.44. The van der Waals surface area contributed by atoms with Gasteiger partial charge in [0.1, 0.15) is 5.69 Å². The molecule has 0 fully saturated rings. The molecule has 0 aliphatic rings. The number of rotatable bonds is 4. The Kier molecular flexibility index (Phi) is 4.55. The zero-order valence-corrected chi connectivity index (χ0v) is 16.8. The summed E-state index contributed by atoms with van der Waals surface area (Å²) < 4.78 is 1.63. The fourth-order valence-electron chi connectivity index (χ4n) is 3.55. The van der Waals surface area contributed by atoms with Crippen LogP contribution in [0.3, 0.4) is 0 Å². The van der Waals surface area contributed by atoms with Gasteiger partial charge in [0.15, 0.2) is 5.65 Å². The van der Waals surface area contributed by atoms with Crippen LogP contribution in [0, 0.1) is 6.92 Å². The summed E-state index contributed by atoms with van der Waals surface area (Å²) in [5.74, 6) is -0.219. The number of fused-ring (bicyclic) bond motifs is 3. The van der Waals surface area contributed by atoms with E-state index < -0.39 is 0 Å². The molecule has 2 N–H and O–H groups in total. The topological polar surface area (TPSA) is 92.2 Å². The number of aromatic nitrogens is 4. The van der Waals surface area contributed by atoms with Crippen LogP contribution in [0.2, 0.25) is 0 Å². The average Bonchev–Trinajstić information content (AvgIpc) is 3.23. The van der Waals surface area contributed by atoms with E-state index >= 15 is 0 Å². The molecule has 5 rings (SSSR count). The smallest absolute Gasteiger partial charge is 0.281 e. The summed E-state index contributed by atoms with van der Waals surface area (Å²) in [5, 5.41) is 10.6. The van der Waals surface area contributed by atoms with Crippen molar-refractivity contribution >= 4 is 22.5 Å². The first-order valence-corrected chi connectivity index (χ1v) is 9.90. The minimum atomic E-state index is -0.361.